The molecule has 0 spiro atoms. The summed E-state index contributed by atoms with van der Waals surface area (Å²) in [6.07, 6.45) is 0. The first-order chi connectivity index (χ1) is 7.64. The summed E-state index contributed by atoms with van der Waals surface area (Å²) in [5, 5.41) is 3.44. The number of ether oxygens (including phenoxy) is 2. The Kier molecular flexibility index (Phi) is 3.17. The molecule has 1 aliphatic rings. The third-order valence-electron chi connectivity index (χ3n) is 3.09. The molecular weight excluding hydrogens is 202 g/mol. The van der Waals surface area contributed by atoms with Gasteiger partial charge in [0.25, 0.3) is 0 Å². The van der Waals surface area contributed by atoms with Gasteiger partial charge < -0.3 is 9.47 Å². The summed E-state index contributed by atoms with van der Waals surface area (Å²) in [6, 6.07) is 8.01. The fourth-order valence-corrected chi connectivity index (χ4v) is 1.88. The van der Waals surface area contributed by atoms with Crippen molar-refractivity contribution in [2.24, 2.45) is 5.92 Å². The van der Waals surface area contributed by atoms with Crippen LogP contribution in [0, 0.1) is 5.92 Å². The SMILES string of the molecule is COc1ccc(C2(C)NCC(C)CO2)cc1. The topological polar surface area (TPSA) is 30.5 Å². The molecule has 0 saturated carbocycles. The molecule has 16 heavy (non-hydrogen) atoms. The highest BCUT2D eigenvalue weighted by molar-refractivity contribution is 5.30. The Bertz CT molecular complexity index is 339. The molecule has 1 N–H and O–H groups in total. The van der Waals surface area contributed by atoms with Crippen LogP contribution in [0.5, 0.6) is 5.75 Å². The number of hydrogen-bond donors (Lipinski definition) is 1. The Morgan fingerprint density at radius 1 is 1.38 bits per heavy atom. The molecule has 1 fully saturated rings. The Hall–Kier alpha value is -1.06. The quantitative estimate of drug-likeness (QED) is 0.829. The number of rotatable bonds is 2. The van der Waals surface area contributed by atoms with Gasteiger partial charge in [-0.1, -0.05) is 19.1 Å². The van der Waals surface area contributed by atoms with Gasteiger partial charge in [0, 0.05) is 6.54 Å². The zero-order valence-electron chi connectivity index (χ0n) is 10.1. The maximum Gasteiger partial charge on any atom is 0.142 e. The lowest BCUT2D eigenvalue weighted by Gasteiger charge is -2.38. The highest BCUT2D eigenvalue weighted by Gasteiger charge is 2.31. The first kappa shape index (κ1) is 11.4. The van der Waals surface area contributed by atoms with Gasteiger partial charge in [-0.15, -0.1) is 0 Å². The van der Waals surface area contributed by atoms with Crippen LogP contribution in [-0.4, -0.2) is 20.3 Å². The smallest absolute Gasteiger partial charge is 0.142 e. The summed E-state index contributed by atoms with van der Waals surface area (Å²) in [7, 11) is 1.67. The third kappa shape index (κ3) is 2.20. The van der Waals surface area contributed by atoms with Gasteiger partial charge in [0.15, 0.2) is 0 Å². The van der Waals surface area contributed by atoms with Crippen LogP contribution in [0.15, 0.2) is 24.3 Å². The Morgan fingerprint density at radius 3 is 2.56 bits per heavy atom. The summed E-state index contributed by atoms with van der Waals surface area (Å²) < 4.78 is 11.0. The summed E-state index contributed by atoms with van der Waals surface area (Å²) in [6.45, 7) is 6.04. The summed E-state index contributed by atoms with van der Waals surface area (Å²) >= 11 is 0. The molecule has 2 atom stereocenters. The van der Waals surface area contributed by atoms with E-state index in [0.717, 1.165) is 24.5 Å². The van der Waals surface area contributed by atoms with Crippen LogP contribution in [0.2, 0.25) is 0 Å². The predicted molar refractivity (Wildman–Crippen MR) is 63.5 cm³/mol. The maximum absolute atomic E-state index is 5.89. The molecule has 0 amide bonds. The third-order valence-corrected chi connectivity index (χ3v) is 3.09. The van der Waals surface area contributed by atoms with Crippen LogP contribution in [-0.2, 0) is 10.5 Å². The van der Waals surface area contributed by atoms with Crippen LogP contribution >= 0.6 is 0 Å². The lowest BCUT2D eigenvalue weighted by Crippen LogP contribution is -2.49. The molecule has 1 heterocycles. The van der Waals surface area contributed by atoms with Gasteiger partial charge in [0.1, 0.15) is 11.5 Å². The van der Waals surface area contributed by atoms with Crippen LogP contribution in [0.1, 0.15) is 19.4 Å². The molecule has 3 heteroatoms. The normalized spacial score (nSPS) is 30.1. The van der Waals surface area contributed by atoms with E-state index < -0.39 is 0 Å². The number of benzene rings is 1. The molecule has 1 aromatic rings. The lowest BCUT2D eigenvalue weighted by molar-refractivity contribution is -0.106. The highest BCUT2D eigenvalue weighted by atomic mass is 16.5. The van der Waals surface area contributed by atoms with Crippen molar-refractivity contribution in [2.75, 3.05) is 20.3 Å². The van der Waals surface area contributed by atoms with Crippen molar-refractivity contribution >= 4 is 0 Å². The van der Waals surface area contributed by atoms with E-state index in [0.29, 0.717) is 5.92 Å². The molecular formula is C13H19NO2. The lowest BCUT2D eigenvalue weighted by atomic mass is 10.0. The van der Waals surface area contributed by atoms with Crippen LogP contribution < -0.4 is 10.1 Å². The average molecular weight is 221 g/mol. The summed E-state index contributed by atoms with van der Waals surface area (Å²) in [5.74, 6) is 1.45. The van der Waals surface area contributed by atoms with E-state index in [1.54, 1.807) is 7.11 Å². The molecule has 1 saturated heterocycles. The Morgan fingerprint density at radius 2 is 2.06 bits per heavy atom. The standard InChI is InChI=1S/C13H19NO2/c1-10-8-14-13(2,16-9-10)11-4-6-12(15-3)7-5-11/h4-7,10,14H,8-9H2,1-3H3. The van der Waals surface area contributed by atoms with Gasteiger partial charge in [0.2, 0.25) is 0 Å². The van der Waals surface area contributed by atoms with E-state index in [1.807, 2.05) is 24.3 Å². The molecule has 0 radical (unpaired) electrons. The molecule has 0 aromatic heterocycles. The zero-order chi connectivity index (χ0) is 11.6. The molecule has 0 aliphatic carbocycles. The zero-order valence-corrected chi connectivity index (χ0v) is 10.1. The number of hydrogen-bond acceptors (Lipinski definition) is 3. The van der Waals surface area contributed by atoms with Crippen LogP contribution in [0.25, 0.3) is 0 Å². The van der Waals surface area contributed by atoms with E-state index in [2.05, 4.69) is 19.2 Å². The predicted octanol–water partition coefficient (Wildman–Crippen LogP) is 2.12. The highest BCUT2D eigenvalue weighted by Crippen LogP contribution is 2.27. The van der Waals surface area contributed by atoms with Crippen molar-refractivity contribution in [1.29, 1.82) is 0 Å². The van der Waals surface area contributed by atoms with Gasteiger partial charge in [0.05, 0.1) is 13.7 Å². The minimum absolute atomic E-state index is 0.362. The summed E-state index contributed by atoms with van der Waals surface area (Å²) in [5.41, 5.74) is 0.777. The van der Waals surface area contributed by atoms with Crippen molar-refractivity contribution in [1.82, 2.24) is 5.32 Å². The Balaban J connectivity index is 2.16. The molecule has 3 nitrogen and oxygen atoms in total. The second kappa shape index (κ2) is 4.44. The van der Waals surface area contributed by atoms with Crippen molar-refractivity contribution in [3.05, 3.63) is 29.8 Å². The van der Waals surface area contributed by atoms with E-state index >= 15 is 0 Å². The van der Waals surface area contributed by atoms with Gasteiger partial charge in [-0.05, 0) is 30.5 Å². The van der Waals surface area contributed by atoms with Crippen LogP contribution in [0.3, 0.4) is 0 Å². The number of methoxy groups -OCH3 is 1. The first-order valence-corrected chi connectivity index (χ1v) is 5.67. The largest absolute Gasteiger partial charge is 0.497 e. The molecule has 2 unspecified atom stereocenters. The fraction of sp³-hybridized carbons (Fsp3) is 0.538. The van der Waals surface area contributed by atoms with Crippen LogP contribution in [0.4, 0.5) is 0 Å². The van der Waals surface area contributed by atoms with Crippen molar-refractivity contribution in [3.63, 3.8) is 0 Å². The second-order valence-corrected chi connectivity index (χ2v) is 4.56. The molecule has 1 aliphatic heterocycles. The van der Waals surface area contributed by atoms with Gasteiger partial charge in [-0.2, -0.15) is 0 Å². The van der Waals surface area contributed by atoms with E-state index in [9.17, 15) is 0 Å². The second-order valence-electron chi connectivity index (χ2n) is 4.56. The minimum Gasteiger partial charge on any atom is -0.497 e. The maximum atomic E-state index is 5.89. The first-order valence-electron chi connectivity index (χ1n) is 5.67. The molecule has 88 valence electrons. The Labute approximate surface area is 96.8 Å². The van der Waals surface area contributed by atoms with E-state index in [-0.39, 0.29) is 5.72 Å². The fourth-order valence-electron chi connectivity index (χ4n) is 1.88. The minimum atomic E-state index is -0.362. The average Bonchev–Trinajstić information content (AvgIpc) is 2.33. The van der Waals surface area contributed by atoms with Crippen molar-refractivity contribution in [3.8, 4) is 5.75 Å². The van der Waals surface area contributed by atoms with Crippen molar-refractivity contribution in [2.45, 2.75) is 19.6 Å². The molecule has 0 bridgehead atoms. The molecule has 1 aromatic carbocycles. The van der Waals surface area contributed by atoms with E-state index in [1.165, 1.54) is 0 Å². The van der Waals surface area contributed by atoms with Gasteiger partial charge in [-0.3, -0.25) is 5.32 Å². The van der Waals surface area contributed by atoms with Gasteiger partial charge in [-0.25, -0.2) is 0 Å². The number of nitrogens with one attached hydrogen (secondary N) is 1. The summed E-state index contributed by atoms with van der Waals surface area (Å²) in [4.78, 5) is 0. The molecule has 2 rings (SSSR count). The van der Waals surface area contributed by atoms with Gasteiger partial charge >= 0.3 is 0 Å². The van der Waals surface area contributed by atoms with Crippen molar-refractivity contribution < 1.29 is 9.47 Å². The monoisotopic (exact) mass is 221 g/mol. The van der Waals surface area contributed by atoms with E-state index in [4.69, 9.17) is 9.47 Å².